The van der Waals surface area contributed by atoms with Crippen LogP contribution in [0, 0.1) is 10.1 Å². The van der Waals surface area contributed by atoms with Crippen molar-refractivity contribution < 1.29 is 4.92 Å². The summed E-state index contributed by atoms with van der Waals surface area (Å²) in [5.74, 6) is 0. The van der Waals surface area contributed by atoms with E-state index in [2.05, 4.69) is 4.98 Å². The molecule has 100 valence electrons. The predicted octanol–water partition coefficient (Wildman–Crippen LogP) is 4.88. The van der Waals surface area contributed by atoms with Crippen LogP contribution in [0.2, 0.25) is 5.02 Å². The standard InChI is InChI=1S/C14H9ClN2O2S/c15-10-5-3-7-12(14(10)17(18)19)20-13-8-9-4-1-2-6-11(9)16-13/h1-8,16H. The SMILES string of the molecule is O=[N+]([O-])c1c(Cl)cccc1Sc1cc2ccccc2[nH]1. The van der Waals surface area contributed by atoms with Crippen molar-refractivity contribution in [3.05, 3.63) is 63.7 Å². The number of para-hydroxylation sites is 2. The van der Waals surface area contributed by atoms with Crippen LogP contribution in [0.3, 0.4) is 0 Å². The third-order valence-electron chi connectivity index (χ3n) is 2.86. The first-order valence-corrected chi connectivity index (χ1v) is 7.03. The molecule has 0 radical (unpaired) electrons. The van der Waals surface area contributed by atoms with Gasteiger partial charge in [0.05, 0.1) is 14.8 Å². The smallest absolute Gasteiger partial charge is 0.301 e. The van der Waals surface area contributed by atoms with Crippen LogP contribution in [0.1, 0.15) is 0 Å². The zero-order valence-corrected chi connectivity index (χ0v) is 11.7. The molecule has 0 aliphatic carbocycles. The highest BCUT2D eigenvalue weighted by Crippen LogP contribution is 2.39. The van der Waals surface area contributed by atoms with Crippen molar-refractivity contribution in [2.75, 3.05) is 0 Å². The van der Waals surface area contributed by atoms with Gasteiger partial charge in [0.25, 0.3) is 0 Å². The van der Waals surface area contributed by atoms with Crippen LogP contribution >= 0.6 is 23.4 Å². The van der Waals surface area contributed by atoms with Gasteiger partial charge in [-0.2, -0.15) is 0 Å². The monoisotopic (exact) mass is 304 g/mol. The molecular formula is C14H9ClN2O2S. The van der Waals surface area contributed by atoms with Crippen molar-refractivity contribution in [3.63, 3.8) is 0 Å². The normalized spacial score (nSPS) is 10.8. The number of H-pyrrole nitrogens is 1. The molecule has 2 aromatic carbocycles. The summed E-state index contributed by atoms with van der Waals surface area (Å²) in [4.78, 5) is 14.4. The van der Waals surface area contributed by atoms with Crippen molar-refractivity contribution in [2.24, 2.45) is 0 Å². The molecule has 3 aromatic rings. The summed E-state index contributed by atoms with van der Waals surface area (Å²) in [5, 5.41) is 13.2. The minimum absolute atomic E-state index is 0.0576. The van der Waals surface area contributed by atoms with Crippen LogP contribution < -0.4 is 0 Å². The zero-order chi connectivity index (χ0) is 14.1. The molecule has 4 nitrogen and oxygen atoms in total. The number of rotatable bonds is 3. The molecule has 6 heteroatoms. The highest BCUT2D eigenvalue weighted by Gasteiger charge is 2.19. The van der Waals surface area contributed by atoms with Gasteiger partial charge in [0.2, 0.25) is 0 Å². The molecule has 1 aromatic heterocycles. The number of nitro groups is 1. The highest BCUT2D eigenvalue weighted by molar-refractivity contribution is 7.99. The van der Waals surface area contributed by atoms with E-state index in [1.165, 1.54) is 17.8 Å². The van der Waals surface area contributed by atoms with E-state index in [1.807, 2.05) is 30.3 Å². The Hall–Kier alpha value is -1.98. The van der Waals surface area contributed by atoms with Crippen molar-refractivity contribution in [1.29, 1.82) is 0 Å². The summed E-state index contributed by atoms with van der Waals surface area (Å²) in [6, 6.07) is 14.7. The Kier molecular flexibility index (Phi) is 3.38. The van der Waals surface area contributed by atoms with Gasteiger partial charge in [-0.3, -0.25) is 10.1 Å². The minimum Gasteiger partial charge on any atom is -0.349 e. The second-order valence-corrected chi connectivity index (χ2v) is 5.66. The fraction of sp³-hybridized carbons (Fsp3) is 0. The average Bonchev–Trinajstić information content (AvgIpc) is 2.80. The van der Waals surface area contributed by atoms with E-state index in [-0.39, 0.29) is 10.7 Å². The largest absolute Gasteiger partial charge is 0.349 e. The number of nitrogens with one attached hydrogen (secondary N) is 1. The number of nitrogens with zero attached hydrogens (tertiary/aromatic N) is 1. The first-order chi connectivity index (χ1) is 9.65. The summed E-state index contributed by atoms with van der Waals surface area (Å²) in [7, 11) is 0. The number of hydrogen-bond acceptors (Lipinski definition) is 3. The fourth-order valence-corrected chi connectivity index (χ4v) is 3.29. The van der Waals surface area contributed by atoms with Crippen LogP contribution in [0.15, 0.2) is 58.5 Å². The molecule has 0 unspecified atom stereocenters. The van der Waals surface area contributed by atoms with Crippen LogP contribution in [0.25, 0.3) is 10.9 Å². The average molecular weight is 305 g/mol. The van der Waals surface area contributed by atoms with Crippen molar-refractivity contribution >= 4 is 40.0 Å². The number of aromatic amines is 1. The van der Waals surface area contributed by atoms with Gasteiger partial charge < -0.3 is 4.98 Å². The fourth-order valence-electron chi connectivity index (χ4n) is 1.98. The second kappa shape index (κ2) is 5.19. The summed E-state index contributed by atoms with van der Waals surface area (Å²) in [5.41, 5.74) is 0.942. The third kappa shape index (κ3) is 2.37. The maximum absolute atomic E-state index is 11.1. The van der Waals surface area contributed by atoms with Gasteiger partial charge in [0.15, 0.2) is 0 Å². The van der Waals surface area contributed by atoms with Gasteiger partial charge in [-0.1, -0.05) is 47.6 Å². The van der Waals surface area contributed by atoms with Gasteiger partial charge >= 0.3 is 5.69 Å². The van der Waals surface area contributed by atoms with Gasteiger partial charge in [0, 0.05) is 10.9 Å². The molecule has 0 saturated carbocycles. The van der Waals surface area contributed by atoms with Crippen LogP contribution in [-0.4, -0.2) is 9.91 Å². The first-order valence-electron chi connectivity index (χ1n) is 5.83. The lowest BCUT2D eigenvalue weighted by Gasteiger charge is -2.02. The molecule has 0 bridgehead atoms. The molecule has 1 N–H and O–H groups in total. The van der Waals surface area contributed by atoms with Gasteiger partial charge in [0.1, 0.15) is 5.02 Å². The lowest BCUT2D eigenvalue weighted by atomic mass is 10.3. The number of hydrogen-bond donors (Lipinski definition) is 1. The molecule has 0 amide bonds. The van der Waals surface area contributed by atoms with Crippen molar-refractivity contribution in [2.45, 2.75) is 9.92 Å². The molecule has 0 aliphatic heterocycles. The van der Waals surface area contributed by atoms with E-state index in [1.54, 1.807) is 12.1 Å². The summed E-state index contributed by atoms with van der Waals surface area (Å²) < 4.78 is 0. The van der Waals surface area contributed by atoms with Crippen LogP contribution in [-0.2, 0) is 0 Å². The molecule has 0 spiro atoms. The number of benzene rings is 2. The summed E-state index contributed by atoms with van der Waals surface area (Å²) in [6.45, 7) is 0. The molecule has 1 heterocycles. The van der Waals surface area contributed by atoms with Gasteiger partial charge in [-0.15, -0.1) is 0 Å². The van der Waals surface area contributed by atoms with Crippen molar-refractivity contribution in [1.82, 2.24) is 4.98 Å². The van der Waals surface area contributed by atoms with E-state index in [9.17, 15) is 10.1 Å². The lowest BCUT2D eigenvalue weighted by Crippen LogP contribution is -1.91. The van der Waals surface area contributed by atoms with Crippen LogP contribution in [0.4, 0.5) is 5.69 Å². The number of halogens is 1. The van der Waals surface area contributed by atoms with Crippen LogP contribution in [0.5, 0.6) is 0 Å². The quantitative estimate of drug-likeness (QED) is 0.554. The topological polar surface area (TPSA) is 58.9 Å². The maximum Gasteiger partial charge on any atom is 0.301 e. The Morgan fingerprint density at radius 3 is 2.70 bits per heavy atom. The Morgan fingerprint density at radius 2 is 1.95 bits per heavy atom. The molecule has 0 fully saturated rings. The molecule has 0 aliphatic rings. The number of aromatic nitrogens is 1. The van der Waals surface area contributed by atoms with E-state index < -0.39 is 4.92 Å². The highest BCUT2D eigenvalue weighted by atomic mass is 35.5. The summed E-state index contributed by atoms with van der Waals surface area (Å²) in [6.07, 6.45) is 0. The summed E-state index contributed by atoms with van der Waals surface area (Å²) >= 11 is 7.20. The second-order valence-electron chi connectivity index (χ2n) is 4.17. The molecule has 3 rings (SSSR count). The minimum atomic E-state index is -0.451. The zero-order valence-electron chi connectivity index (χ0n) is 10.2. The predicted molar refractivity (Wildman–Crippen MR) is 80.5 cm³/mol. The lowest BCUT2D eigenvalue weighted by molar-refractivity contribution is -0.387. The number of fused-ring (bicyclic) bond motifs is 1. The van der Waals surface area contributed by atoms with Gasteiger partial charge in [-0.25, -0.2) is 0 Å². The third-order valence-corrected chi connectivity index (χ3v) is 4.15. The van der Waals surface area contributed by atoms with E-state index in [0.29, 0.717) is 4.90 Å². The molecular weight excluding hydrogens is 296 g/mol. The Bertz CT molecular complexity index is 768. The van der Waals surface area contributed by atoms with E-state index in [0.717, 1.165) is 15.9 Å². The Labute approximate surface area is 123 Å². The maximum atomic E-state index is 11.1. The van der Waals surface area contributed by atoms with E-state index in [4.69, 9.17) is 11.6 Å². The van der Waals surface area contributed by atoms with Gasteiger partial charge in [-0.05, 0) is 24.3 Å². The first kappa shape index (κ1) is 13.0. The molecule has 0 saturated heterocycles. The number of nitro benzene ring substituents is 1. The molecule has 20 heavy (non-hydrogen) atoms. The Morgan fingerprint density at radius 1 is 1.15 bits per heavy atom. The van der Waals surface area contributed by atoms with E-state index >= 15 is 0 Å². The van der Waals surface area contributed by atoms with Crippen molar-refractivity contribution in [3.8, 4) is 0 Å². The Balaban J connectivity index is 2.02. The molecule has 0 atom stereocenters.